The van der Waals surface area contributed by atoms with Crippen LogP contribution in [-0.2, 0) is 106 Å². The number of benzene rings is 6. The van der Waals surface area contributed by atoms with Crippen LogP contribution in [0.4, 0.5) is 17.1 Å². The topological polar surface area (TPSA) is 56.4 Å². The fraction of sp³-hybridized carbons (Fsp3) is 0.489. The molecule has 12 heteroatoms. The van der Waals surface area contributed by atoms with Crippen LogP contribution in [0.2, 0.25) is 18.6 Å². The van der Waals surface area contributed by atoms with Crippen molar-refractivity contribution in [1.82, 2.24) is 0 Å². The Morgan fingerprint density at radius 3 is 1.02 bits per heavy atom. The van der Waals surface area contributed by atoms with Crippen molar-refractivity contribution in [3.63, 3.8) is 0 Å². The van der Waals surface area contributed by atoms with Crippen LogP contribution in [0, 0.1) is 148 Å². The molecule has 4 saturated carbocycles. The quantitative estimate of drug-likeness (QED) is 0.128. The number of hydrogen-bond donors (Lipinski definition) is 0. The predicted molar refractivity (Wildman–Crippen MR) is 470 cm³/mol. The summed E-state index contributed by atoms with van der Waals surface area (Å²) in [6.45, 7) is 41.8. The molecule has 0 saturated heterocycles. The average Bonchev–Trinajstić information content (AvgIpc) is 1.59. The van der Waals surface area contributed by atoms with E-state index in [4.69, 9.17) is 20.9 Å². The van der Waals surface area contributed by atoms with E-state index >= 15 is 0 Å². The van der Waals surface area contributed by atoms with Gasteiger partial charge in [0.15, 0.2) is 0 Å². The third-order valence-corrected chi connectivity index (χ3v) is 33.5. The number of nitrogens with zero attached hydrogens (tertiary/aromatic N) is 4. The summed E-state index contributed by atoms with van der Waals surface area (Å²) in [5.74, 6) is 11.6. The molecule has 0 bridgehead atoms. The SMILES string of the molecule is CC1C(C)C(C)C([Si](C)(C)[N-]C(C)(C)C)C1C.CC1C(C)C(c2cccc3c2[N-]CCC3)C2Sc3ccccc3C12.CC1CCc2cccc(C3C(C)C(C)C4c5ccccc5SC43)c2[N-]1.CC1Cc2cccc(C3C(C)C(C)C4c5ccccc5SC43)c2[N-]1.[CH3-].[CH3-].[CH3-].[CH3-].[CH3-].[CH3-].[CH3-].[CH3-].[CH3-].[CH3-].[CH3-].[CH3-].[Ti+4].[Ti+4].[Ti+4].[Ti+4]. The Kier molecular flexibility index (Phi) is 47.4. The maximum absolute atomic E-state index is 5.23. The van der Waals surface area contributed by atoms with E-state index in [-0.39, 0.29) is 182 Å². The Balaban J connectivity index is -0.000000628. The van der Waals surface area contributed by atoms with Crippen LogP contribution in [0.3, 0.4) is 0 Å². The molecule has 6 aliphatic heterocycles. The predicted octanol–water partition coefficient (Wildman–Crippen LogP) is 29.9. The van der Waals surface area contributed by atoms with Crippen LogP contribution in [0.25, 0.3) is 20.9 Å². The van der Waals surface area contributed by atoms with Gasteiger partial charge in [-0.1, -0.05) is 286 Å². The normalized spacial score (nSPS) is 30.5. The summed E-state index contributed by atoms with van der Waals surface area (Å²) in [4.78, 5) is 9.76. The molecule has 0 spiro atoms. The van der Waals surface area contributed by atoms with E-state index in [1.165, 1.54) is 90.8 Å². The van der Waals surface area contributed by atoms with Gasteiger partial charge in [0.2, 0.25) is 0 Å². The summed E-state index contributed by atoms with van der Waals surface area (Å²) in [5, 5.41) is 17.1. The first kappa shape index (κ1) is 111. The molecule has 6 aromatic carbocycles. The minimum absolute atomic E-state index is 0. The van der Waals surface area contributed by atoms with Crippen molar-refractivity contribution in [1.29, 1.82) is 0 Å². The van der Waals surface area contributed by atoms with Gasteiger partial charge in [-0.05, 0) is 131 Å². The van der Waals surface area contributed by atoms with E-state index in [0.717, 1.165) is 59.9 Å². The van der Waals surface area contributed by atoms with Gasteiger partial charge in [0.25, 0.3) is 0 Å². The molecule has 16 rings (SSSR count). The van der Waals surface area contributed by atoms with Crippen LogP contribution in [0.1, 0.15) is 202 Å². The van der Waals surface area contributed by atoms with E-state index in [0.29, 0.717) is 81.1 Å². The van der Waals surface area contributed by atoms with Crippen molar-refractivity contribution >= 4 is 60.6 Å². The van der Waals surface area contributed by atoms with Crippen LogP contribution in [0.5, 0.6) is 0 Å². The summed E-state index contributed by atoms with van der Waals surface area (Å²) in [6.07, 6.45) is 5.90. The zero-order valence-corrected chi connectivity index (χ0v) is 81.3. The molecule has 4 fully saturated rings. The Bertz CT molecular complexity index is 3560. The fourth-order valence-electron chi connectivity index (χ4n) is 20.4. The summed E-state index contributed by atoms with van der Waals surface area (Å²) in [6, 6.07) is 48.9. The van der Waals surface area contributed by atoms with Crippen molar-refractivity contribution in [3.8, 4) is 0 Å². The van der Waals surface area contributed by atoms with Gasteiger partial charge in [-0.15, -0.1) is 76.5 Å². The molecule has 0 radical (unpaired) electrons. The molecule has 576 valence electrons. The Labute approximate surface area is 731 Å². The van der Waals surface area contributed by atoms with Gasteiger partial charge in [-0.2, -0.15) is 0 Å². The third-order valence-electron chi connectivity index (χ3n) is 25.1. The first-order valence-electron chi connectivity index (χ1n) is 35.5. The maximum Gasteiger partial charge on any atom is 4.00 e. The van der Waals surface area contributed by atoms with Crippen LogP contribution < -0.4 is 0 Å². The third kappa shape index (κ3) is 20.9. The van der Waals surface area contributed by atoms with Gasteiger partial charge in [0.1, 0.15) is 0 Å². The van der Waals surface area contributed by atoms with E-state index in [2.05, 4.69) is 280 Å². The Morgan fingerprint density at radius 1 is 0.349 bits per heavy atom. The molecule has 0 N–H and O–H groups in total. The van der Waals surface area contributed by atoms with Crippen LogP contribution in [0.15, 0.2) is 142 Å². The van der Waals surface area contributed by atoms with E-state index in [9.17, 15) is 0 Å². The summed E-state index contributed by atoms with van der Waals surface area (Å²) < 4.78 is 0. The van der Waals surface area contributed by atoms with Gasteiger partial charge in [0, 0.05) is 48.2 Å². The first-order valence-corrected chi connectivity index (χ1v) is 41.1. The molecule has 0 amide bonds. The minimum Gasteiger partial charge on any atom is -0.684 e. The zero-order chi connectivity index (χ0) is 63.4. The van der Waals surface area contributed by atoms with Gasteiger partial charge in [0.05, 0.1) is 0 Å². The second-order valence-electron chi connectivity index (χ2n) is 31.8. The van der Waals surface area contributed by atoms with Crippen molar-refractivity contribution in [3.05, 3.63) is 288 Å². The van der Waals surface area contributed by atoms with E-state index in [1.54, 1.807) is 16.7 Å². The number of rotatable bonds is 5. The van der Waals surface area contributed by atoms with E-state index in [1.807, 2.05) is 0 Å². The van der Waals surface area contributed by atoms with Gasteiger partial charge in [-0.3, -0.25) is 0 Å². The molecule has 0 aromatic heterocycles. The number of aryl methyl sites for hydroxylation is 2. The molecule has 21 atom stereocenters. The number of hydrogen-bond acceptors (Lipinski definition) is 3. The van der Waals surface area contributed by atoms with Gasteiger partial charge < -0.3 is 110 Å². The molecular weight excluding hydrogens is 1500 g/mol. The largest absolute Gasteiger partial charge is 4.00 e. The number of para-hydroxylation sites is 3. The van der Waals surface area contributed by atoms with Crippen molar-refractivity contribution in [2.24, 2.45) is 59.2 Å². The zero-order valence-electron chi connectivity index (χ0n) is 71.6. The molecule has 4 nitrogen and oxygen atoms in total. The molecule has 6 aromatic rings. The Morgan fingerprint density at radius 2 is 0.651 bits per heavy atom. The number of thioether (sulfide) groups is 3. The van der Waals surface area contributed by atoms with Crippen LogP contribution >= 0.6 is 35.3 Å². The molecule has 10 aliphatic rings. The molecule has 106 heavy (non-hydrogen) atoms. The standard InChI is InChI=1S/C23H26NS.2C22H24NS.C15H32NSi.12CH3.4Ti/c1-13-11-12-16-7-6-9-18(22(16)24-13)21-15(3)14(2)20-17-8-4-5-10-19(17)25-23(20)21;1-12-11-15-7-6-9-17(21(15)23-12)20-14(3)13(2)19-16-8-4-5-10-18(16)24-22(19)20;1-13-14(2)20(17-10-5-7-15-8-6-12-23-21(15)17)22-19(13)16-9-3-4-11-18(16)24-22;1-10-11(2)13(4)14(12(10)3)17(8,9)16-15(5,6)7;;;;;;;;;;;;;;;;/h4-10,13-15,20-21,23H,11-12H2,1-3H3;4-10,12-14,19-20,22H,11H2,1-3H3;3-5,7,9-11,13-14,19-20,22H,6,8,12H2,1-2H3;10-14H,1-9H3;12*1H3;;;;/q16*-1;4*+4. The maximum atomic E-state index is 5.23. The second kappa shape index (κ2) is 45.2. The Hall–Kier alpha value is -1.20. The van der Waals surface area contributed by atoms with Crippen molar-refractivity contribution in [2.75, 3.05) is 6.54 Å². The van der Waals surface area contributed by atoms with E-state index < -0.39 is 8.24 Å². The summed E-state index contributed by atoms with van der Waals surface area (Å²) in [7, 11) is -1.49. The minimum atomic E-state index is -1.49. The molecule has 4 aliphatic carbocycles. The average molecular weight is 1640 g/mol. The first-order chi connectivity index (χ1) is 43.0. The number of fused-ring (bicyclic) bond motifs is 12. The second-order valence-corrected chi connectivity index (χ2v) is 39.7. The van der Waals surface area contributed by atoms with Crippen LogP contribution in [-0.4, -0.2) is 48.2 Å². The monoisotopic (exact) mass is 1640 g/mol. The van der Waals surface area contributed by atoms with Crippen molar-refractivity contribution < 1.29 is 86.9 Å². The van der Waals surface area contributed by atoms with Crippen molar-refractivity contribution in [2.45, 2.75) is 238 Å². The molecular formula is C94H142N4S3SiTi4. The molecule has 21 unspecified atom stereocenters. The van der Waals surface area contributed by atoms with Gasteiger partial charge in [-0.25, -0.2) is 0 Å². The van der Waals surface area contributed by atoms with Gasteiger partial charge >= 0.3 is 86.9 Å². The smallest absolute Gasteiger partial charge is 0.684 e. The summed E-state index contributed by atoms with van der Waals surface area (Å²) >= 11 is 6.37. The molecule has 6 heterocycles. The summed E-state index contributed by atoms with van der Waals surface area (Å²) in [5.41, 5.74) is 18.7. The fourth-order valence-corrected chi connectivity index (χ4v) is 31.1.